The van der Waals surface area contributed by atoms with E-state index in [4.69, 9.17) is 22.4 Å². The van der Waals surface area contributed by atoms with Crippen molar-refractivity contribution in [1.29, 1.82) is 10.8 Å². The summed E-state index contributed by atoms with van der Waals surface area (Å²) in [6.07, 6.45) is 1.73. The standard InChI is InChI=1S/C22H18ClN11O2/c1-12-27-28-20-16(23)8-14(10-33(12)20)19-18(21(35)29-31-25)17-11-32(6-7-34(17)30-19)22(36)26-15-4-2-13(9-24)3-5-15/h2-5,8,10H,6-7,11H2,1H3,(H,26,36)(H2,25,29,35). The van der Waals surface area contributed by atoms with Gasteiger partial charge in [0.05, 0.1) is 41.0 Å². The highest BCUT2D eigenvalue weighted by Crippen LogP contribution is 2.31. The van der Waals surface area contributed by atoms with Crippen LogP contribution in [0.1, 0.15) is 27.4 Å². The normalized spacial score (nSPS) is 12.6. The maximum Gasteiger partial charge on any atom is 0.322 e. The summed E-state index contributed by atoms with van der Waals surface area (Å²) in [5.74, 6) is -0.0252. The number of hydrogen-bond donors (Lipinski definition) is 3. The summed E-state index contributed by atoms with van der Waals surface area (Å²) in [7, 11) is 0. The molecule has 5 rings (SSSR count). The average Bonchev–Trinajstić information content (AvgIpc) is 3.45. The van der Waals surface area contributed by atoms with Crippen LogP contribution < -0.4 is 10.7 Å². The average molecular weight is 504 g/mol. The van der Waals surface area contributed by atoms with Crippen molar-refractivity contribution in [3.05, 3.63) is 64.2 Å². The maximum atomic E-state index is 13.0. The second kappa shape index (κ2) is 9.08. The third-order valence-electron chi connectivity index (χ3n) is 5.82. The SMILES string of the molecule is Cc1nnc2c(Cl)cc(-c3nn4c(c3C(=O)NN=N)CN(C(=O)Nc3ccc(C#N)cc3)CC4)cn12. The zero-order chi connectivity index (χ0) is 25.4. The maximum absolute atomic E-state index is 13.0. The minimum atomic E-state index is -0.632. The van der Waals surface area contributed by atoms with Gasteiger partial charge in [0.2, 0.25) is 0 Å². The Morgan fingerprint density at radius 3 is 2.72 bits per heavy atom. The van der Waals surface area contributed by atoms with Crippen LogP contribution in [0.4, 0.5) is 10.5 Å². The van der Waals surface area contributed by atoms with Crippen molar-refractivity contribution in [3.8, 4) is 17.3 Å². The van der Waals surface area contributed by atoms with Gasteiger partial charge in [0.25, 0.3) is 5.91 Å². The number of nitriles is 1. The fourth-order valence-corrected chi connectivity index (χ4v) is 4.31. The highest BCUT2D eigenvalue weighted by Gasteiger charge is 2.31. The quantitative estimate of drug-likeness (QED) is 0.285. The number of hydrogen-bond acceptors (Lipinski definition) is 8. The van der Waals surface area contributed by atoms with Gasteiger partial charge in [-0.3, -0.25) is 13.9 Å². The fourth-order valence-electron chi connectivity index (χ4n) is 4.06. The van der Waals surface area contributed by atoms with E-state index in [1.807, 2.05) is 6.07 Å². The zero-order valence-corrected chi connectivity index (χ0v) is 19.6. The highest BCUT2D eigenvalue weighted by molar-refractivity contribution is 6.33. The molecule has 36 heavy (non-hydrogen) atoms. The van der Waals surface area contributed by atoms with Crippen molar-refractivity contribution >= 4 is 34.9 Å². The summed E-state index contributed by atoms with van der Waals surface area (Å²) < 4.78 is 3.36. The number of rotatable bonds is 4. The van der Waals surface area contributed by atoms with Gasteiger partial charge in [0.15, 0.2) is 5.65 Å². The molecule has 1 aromatic carbocycles. The van der Waals surface area contributed by atoms with E-state index in [9.17, 15) is 9.59 Å². The molecule has 4 aromatic rings. The van der Waals surface area contributed by atoms with Crippen LogP contribution in [-0.4, -0.2) is 47.8 Å². The van der Waals surface area contributed by atoms with Gasteiger partial charge >= 0.3 is 6.03 Å². The first-order valence-electron chi connectivity index (χ1n) is 10.7. The van der Waals surface area contributed by atoms with Gasteiger partial charge < -0.3 is 10.2 Å². The Morgan fingerprint density at radius 2 is 2.00 bits per heavy atom. The molecule has 0 fully saturated rings. The first-order chi connectivity index (χ1) is 17.4. The Kier molecular flexibility index (Phi) is 5.79. The number of fused-ring (bicyclic) bond motifs is 2. The number of aromatic nitrogens is 5. The minimum Gasteiger partial charge on any atom is -0.317 e. The van der Waals surface area contributed by atoms with Crippen molar-refractivity contribution in [2.24, 2.45) is 5.22 Å². The molecule has 180 valence electrons. The van der Waals surface area contributed by atoms with Crippen LogP contribution in [0.25, 0.3) is 16.9 Å². The first kappa shape index (κ1) is 22.9. The molecule has 3 amide bonds. The van der Waals surface area contributed by atoms with Crippen molar-refractivity contribution in [2.45, 2.75) is 20.0 Å². The Labute approximate surface area is 208 Å². The number of anilines is 1. The van der Waals surface area contributed by atoms with Crippen molar-refractivity contribution in [3.63, 3.8) is 0 Å². The molecule has 1 aliphatic heterocycles. The molecule has 3 aromatic heterocycles. The van der Waals surface area contributed by atoms with Crippen LogP contribution in [0, 0.1) is 23.8 Å². The minimum absolute atomic E-state index is 0.0947. The number of pyridine rings is 1. The Balaban J connectivity index is 1.51. The summed E-state index contributed by atoms with van der Waals surface area (Å²) in [4.78, 5) is 27.5. The van der Waals surface area contributed by atoms with Crippen molar-refractivity contribution in [1.82, 2.24) is 34.7 Å². The van der Waals surface area contributed by atoms with E-state index in [0.29, 0.717) is 57.8 Å². The van der Waals surface area contributed by atoms with Crippen LogP contribution in [-0.2, 0) is 13.1 Å². The van der Waals surface area contributed by atoms with Gasteiger partial charge in [-0.25, -0.2) is 10.2 Å². The molecule has 0 bridgehead atoms. The predicted octanol–water partition coefficient (Wildman–Crippen LogP) is 3.15. The molecular formula is C22H18ClN11O2. The van der Waals surface area contributed by atoms with E-state index >= 15 is 0 Å². The molecule has 3 N–H and O–H groups in total. The third-order valence-corrected chi connectivity index (χ3v) is 6.10. The Hall–Kier alpha value is -4.83. The lowest BCUT2D eigenvalue weighted by Crippen LogP contribution is -2.41. The van der Waals surface area contributed by atoms with Crippen LogP contribution in [0.5, 0.6) is 0 Å². The van der Waals surface area contributed by atoms with Gasteiger partial charge in [0, 0.05) is 24.0 Å². The second-order valence-corrected chi connectivity index (χ2v) is 8.41. The smallest absolute Gasteiger partial charge is 0.317 e. The molecular weight excluding hydrogens is 486 g/mol. The number of benzene rings is 1. The number of carbonyl (C=O) groups excluding carboxylic acids is 2. The summed E-state index contributed by atoms with van der Waals surface area (Å²) in [5, 5.41) is 27.8. The topological polar surface area (TPSA) is 169 Å². The number of urea groups is 1. The number of halogens is 1. The number of nitrogens with one attached hydrogen (secondary N) is 3. The first-order valence-corrected chi connectivity index (χ1v) is 11.1. The van der Waals surface area contributed by atoms with Crippen molar-refractivity contribution < 1.29 is 9.59 Å². The third kappa shape index (κ3) is 3.99. The van der Waals surface area contributed by atoms with Crippen LogP contribution in [0.3, 0.4) is 0 Å². The summed E-state index contributed by atoms with van der Waals surface area (Å²) in [6.45, 7) is 2.56. The monoisotopic (exact) mass is 503 g/mol. The molecule has 13 nitrogen and oxygen atoms in total. The zero-order valence-electron chi connectivity index (χ0n) is 18.9. The number of carbonyl (C=O) groups is 2. The molecule has 0 radical (unpaired) electrons. The molecule has 0 atom stereocenters. The van der Waals surface area contributed by atoms with Crippen LogP contribution in [0.2, 0.25) is 5.02 Å². The predicted molar refractivity (Wildman–Crippen MR) is 127 cm³/mol. The van der Waals surface area contributed by atoms with Gasteiger partial charge in [-0.1, -0.05) is 16.8 Å². The molecule has 4 heterocycles. The Morgan fingerprint density at radius 1 is 1.22 bits per heavy atom. The van der Waals surface area contributed by atoms with Crippen LogP contribution in [0.15, 0.2) is 41.8 Å². The lowest BCUT2D eigenvalue weighted by atomic mass is 10.1. The number of nitrogens with zero attached hydrogens (tertiary/aromatic N) is 8. The second-order valence-electron chi connectivity index (χ2n) is 8.00. The van der Waals surface area contributed by atoms with Gasteiger partial charge in [-0.15, -0.1) is 10.2 Å². The van der Waals surface area contributed by atoms with Gasteiger partial charge in [-0.2, -0.15) is 15.9 Å². The van der Waals surface area contributed by atoms with Gasteiger partial charge in [0.1, 0.15) is 11.5 Å². The molecule has 0 saturated carbocycles. The van der Waals surface area contributed by atoms with E-state index in [-0.39, 0.29) is 18.1 Å². The van der Waals surface area contributed by atoms with Gasteiger partial charge in [-0.05, 0) is 37.3 Å². The summed E-state index contributed by atoms with van der Waals surface area (Å²) in [5.41, 5.74) is 12.3. The lowest BCUT2D eigenvalue weighted by molar-refractivity contribution is 0.0947. The summed E-state index contributed by atoms with van der Waals surface area (Å²) >= 11 is 6.42. The van der Waals surface area contributed by atoms with E-state index < -0.39 is 5.91 Å². The molecule has 0 saturated heterocycles. The summed E-state index contributed by atoms with van der Waals surface area (Å²) in [6, 6.07) is 9.81. The van der Waals surface area contributed by atoms with E-state index in [2.05, 4.69) is 31.3 Å². The van der Waals surface area contributed by atoms with E-state index in [1.165, 1.54) is 0 Å². The highest BCUT2D eigenvalue weighted by atomic mass is 35.5. The fraction of sp³-hybridized carbons (Fsp3) is 0.182. The van der Waals surface area contributed by atoms with E-state index in [1.54, 1.807) is 57.4 Å². The van der Waals surface area contributed by atoms with E-state index in [0.717, 1.165) is 0 Å². The van der Waals surface area contributed by atoms with Crippen LogP contribution >= 0.6 is 11.6 Å². The number of aryl methyl sites for hydroxylation is 1. The largest absolute Gasteiger partial charge is 0.322 e. The lowest BCUT2D eigenvalue weighted by Gasteiger charge is -2.28. The Bertz CT molecular complexity index is 1570. The molecule has 1 aliphatic rings. The van der Waals surface area contributed by atoms with Crippen molar-refractivity contribution in [2.75, 3.05) is 11.9 Å². The molecule has 0 spiro atoms. The number of amides is 3. The molecule has 0 unspecified atom stereocenters. The molecule has 14 heteroatoms. The molecule has 0 aliphatic carbocycles.